The van der Waals surface area contributed by atoms with Gasteiger partial charge in [0.25, 0.3) is 0 Å². The van der Waals surface area contributed by atoms with E-state index in [0.717, 1.165) is 0 Å². The topological polar surface area (TPSA) is 62.2 Å². The van der Waals surface area contributed by atoms with Gasteiger partial charge in [-0.15, -0.1) is 0 Å². The first-order chi connectivity index (χ1) is 9.04. The Balaban J connectivity index is 2.10. The first-order valence-electron chi connectivity index (χ1n) is 5.44. The van der Waals surface area contributed by atoms with Crippen LogP contribution in [0.4, 0.5) is 10.1 Å². The molecule has 6 heteroatoms. The van der Waals surface area contributed by atoms with Crippen LogP contribution in [0.3, 0.4) is 0 Å². The third kappa shape index (κ3) is 3.66. The molecule has 0 spiro atoms. The zero-order valence-corrected chi connectivity index (χ0v) is 10.5. The molecule has 0 aliphatic carbocycles. The number of hydrogen-bond acceptors (Lipinski definition) is 3. The molecule has 1 heterocycles. The fourth-order valence-electron chi connectivity index (χ4n) is 1.55. The zero-order chi connectivity index (χ0) is 13.8. The average molecular weight is 281 g/mol. The minimum Gasteiger partial charge on any atom is -0.477 e. The quantitative estimate of drug-likeness (QED) is 0.903. The highest BCUT2D eigenvalue weighted by molar-refractivity contribution is 6.30. The maximum Gasteiger partial charge on any atom is 0.354 e. The molecule has 0 saturated carbocycles. The van der Waals surface area contributed by atoms with Crippen molar-refractivity contribution >= 4 is 23.3 Å². The minimum atomic E-state index is -1.09. The second kappa shape index (κ2) is 5.67. The van der Waals surface area contributed by atoms with Crippen LogP contribution < -0.4 is 5.32 Å². The molecule has 0 aliphatic heterocycles. The van der Waals surface area contributed by atoms with Crippen LogP contribution in [-0.2, 0) is 6.54 Å². The van der Waals surface area contributed by atoms with E-state index < -0.39 is 11.8 Å². The van der Waals surface area contributed by atoms with E-state index in [0.29, 0.717) is 11.4 Å². The molecule has 0 unspecified atom stereocenters. The lowest BCUT2D eigenvalue weighted by atomic mass is 10.2. The Morgan fingerprint density at radius 3 is 2.84 bits per heavy atom. The van der Waals surface area contributed by atoms with E-state index >= 15 is 0 Å². The number of carbonyl (C=O) groups is 1. The van der Waals surface area contributed by atoms with Gasteiger partial charge in [0.05, 0.1) is 12.2 Å². The first-order valence-corrected chi connectivity index (χ1v) is 5.81. The van der Waals surface area contributed by atoms with Crippen molar-refractivity contribution in [1.29, 1.82) is 0 Å². The van der Waals surface area contributed by atoms with Crippen LogP contribution in [0.1, 0.15) is 16.2 Å². The van der Waals surface area contributed by atoms with Crippen molar-refractivity contribution < 1.29 is 14.3 Å². The van der Waals surface area contributed by atoms with Crippen LogP contribution in [-0.4, -0.2) is 16.1 Å². The zero-order valence-electron chi connectivity index (χ0n) is 9.73. The van der Waals surface area contributed by atoms with Gasteiger partial charge in [0.1, 0.15) is 11.5 Å². The summed E-state index contributed by atoms with van der Waals surface area (Å²) in [6, 6.07) is 8.77. The third-order valence-corrected chi connectivity index (χ3v) is 2.58. The summed E-state index contributed by atoms with van der Waals surface area (Å²) in [6.45, 7) is 0.279. The Hall–Kier alpha value is -2.14. The Bertz CT molecular complexity index is 599. The Morgan fingerprint density at radius 1 is 1.37 bits per heavy atom. The maximum atomic E-state index is 13.1. The number of anilines is 1. The molecule has 0 bridgehead atoms. The Morgan fingerprint density at radius 2 is 2.16 bits per heavy atom. The van der Waals surface area contributed by atoms with Gasteiger partial charge in [0.2, 0.25) is 0 Å². The molecule has 2 aromatic rings. The molecule has 4 nitrogen and oxygen atoms in total. The highest BCUT2D eigenvalue weighted by Crippen LogP contribution is 2.18. The highest BCUT2D eigenvalue weighted by Gasteiger charge is 2.05. The van der Waals surface area contributed by atoms with Crippen molar-refractivity contribution in [2.24, 2.45) is 0 Å². The van der Waals surface area contributed by atoms with Gasteiger partial charge in [-0.1, -0.05) is 17.7 Å². The molecule has 19 heavy (non-hydrogen) atoms. The van der Waals surface area contributed by atoms with E-state index in [4.69, 9.17) is 16.7 Å². The van der Waals surface area contributed by atoms with E-state index in [2.05, 4.69) is 10.3 Å². The van der Waals surface area contributed by atoms with Crippen LogP contribution in [0.25, 0.3) is 0 Å². The van der Waals surface area contributed by atoms with Crippen LogP contribution >= 0.6 is 11.6 Å². The fourth-order valence-corrected chi connectivity index (χ4v) is 1.77. The summed E-state index contributed by atoms with van der Waals surface area (Å²) < 4.78 is 13.1. The molecular formula is C13H10ClFN2O2. The SMILES string of the molecule is O=C(O)c1cccc(CNc2cc(F)cc(Cl)c2)n1. The number of halogens is 2. The van der Waals surface area contributed by atoms with Gasteiger partial charge in [-0.2, -0.15) is 0 Å². The summed E-state index contributed by atoms with van der Waals surface area (Å²) in [5, 5.41) is 12.0. The lowest BCUT2D eigenvalue weighted by Gasteiger charge is -2.07. The van der Waals surface area contributed by atoms with Crippen LogP contribution in [0.5, 0.6) is 0 Å². The van der Waals surface area contributed by atoms with E-state index in [1.807, 2.05) is 0 Å². The number of carboxylic acids is 1. The van der Waals surface area contributed by atoms with Crippen LogP contribution in [0.2, 0.25) is 5.02 Å². The number of aromatic carboxylic acids is 1. The smallest absolute Gasteiger partial charge is 0.354 e. The van der Waals surface area contributed by atoms with E-state index in [1.54, 1.807) is 18.2 Å². The molecule has 0 radical (unpaired) electrons. The second-order valence-electron chi connectivity index (χ2n) is 3.83. The number of rotatable bonds is 4. The van der Waals surface area contributed by atoms with Gasteiger partial charge in [-0.05, 0) is 30.3 Å². The molecule has 1 aromatic carbocycles. The van der Waals surface area contributed by atoms with Crippen LogP contribution in [0.15, 0.2) is 36.4 Å². The van der Waals surface area contributed by atoms with Crippen molar-refractivity contribution in [2.75, 3.05) is 5.32 Å². The monoisotopic (exact) mass is 280 g/mol. The summed E-state index contributed by atoms with van der Waals surface area (Å²) >= 11 is 5.73. The first kappa shape index (κ1) is 13.3. The van der Waals surface area contributed by atoms with Crippen molar-refractivity contribution in [3.8, 4) is 0 Å². The summed E-state index contributed by atoms with van der Waals surface area (Å²) in [5.74, 6) is -1.53. The number of nitrogens with one attached hydrogen (secondary N) is 1. The lowest BCUT2D eigenvalue weighted by molar-refractivity contribution is 0.0690. The summed E-state index contributed by atoms with van der Waals surface area (Å²) in [6.07, 6.45) is 0. The molecule has 1 aromatic heterocycles. The Labute approximate surface area is 113 Å². The van der Waals surface area contributed by atoms with E-state index in [9.17, 15) is 9.18 Å². The van der Waals surface area contributed by atoms with Crippen molar-refractivity contribution in [3.05, 3.63) is 58.6 Å². The molecule has 98 valence electrons. The standard InChI is InChI=1S/C13H10ClFN2O2/c14-8-4-9(15)6-11(5-8)16-7-10-2-1-3-12(17-10)13(18)19/h1-6,16H,7H2,(H,18,19). The molecule has 0 amide bonds. The Kier molecular flexibility index (Phi) is 3.97. The van der Waals surface area contributed by atoms with E-state index in [-0.39, 0.29) is 17.3 Å². The predicted molar refractivity (Wildman–Crippen MR) is 69.9 cm³/mol. The molecule has 0 saturated heterocycles. The number of pyridine rings is 1. The normalized spacial score (nSPS) is 10.2. The fraction of sp³-hybridized carbons (Fsp3) is 0.0769. The molecule has 0 fully saturated rings. The molecule has 2 rings (SSSR count). The van der Waals surface area contributed by atoms with Gasteiger partial charge in [-0.3, -0.25) is 0 Å². The van der Waals surface area contributed by atoms with E-state index in [1.165, 1.54) is 18.2 Å². The summed E-state index contributed by atoms with van der Waals surface area (Å²) in [7, 11) is 0. The van der Waals surface area contributed by atoms with Crippen molar-refractivity contribution in [3.63, 3.8) is 0 Å². The second-order valence-corrected chi connectivity index (χ2v) is 4.27. The predicted octanol–water partition coefficient (Wildman–Crippen LogP) is 3.18. The minimum absolute atomic E-state index is 0.0309. The number of nitrogens with zero attached hydrogens (tertiary/aromatic N) is 1. The number of hydrogen-bond donors (Lipinski definition) is 2. The van der Waals surface area contributed by atoms with Gasteiger partial charge < -0.3 is 10.4 Å². The van der Waals surface area contributed by atoms with Crippen LogP contribution in [0, 0.1) is 5.82 Å². The van der Waals surface area contributed by atoms with Gasteiger partial charge in [-0.25, -0.2) is 14.2 Å². The summed E-state index contributed by atoms with van der Waals surface area (Å²) in [4.78, 5) is 14.7. The largest absolute Gasteiger partial charge is 0.477 e. The lowest BCUT2D eigenvalue weighted by Crippen LogP contribution is -2.06. The highest BCUT2D eigenvalue weighted by atomic mass is 35.5. The number of carboxylic acid groups (broad SMARTS) is 1. The van der Waals surface area contributed by atoms with Crippen molar-refractivity contribution in [2.45, 2.75) is 6.54 Å². The molecule has 2 N–H and O–H groups in total. The van der Waals surface area contributed by atoms with Gasteiger partial charge in [0, 0.05) is 10.7 Å². The third-order valence-electron chi connectivity index (χ3n) is 2.36. The molecule has 0 aliphatic rings. The number of benzene rings is 1. The molecule has 0 atom stereocenters. The van der Waals surface area contributed by atoms with Gasteiger partial charge in [0.15, 0.2) is 0 Å². The van der Waals surface area contributed by atoms with Crippen molar-refractivity contribution in [1.82, 2.24) is 4.98 Å². The maximum absolute atomic E-state index is 13.1. The summed E-state index contributed by atoms with van der Waals surface area (Å²) in [5.41, 5.74) is 1.02. The average Bonchev–Trinajstić information content (AvgIpc) is 2.35. The molecular weight excluding hydrogens is 271 g/mol. The number of aromatic nitrogens is 1. The van der Waals surface area contributed by atoms with Gasteiger partial charge >= 0.3 is 5.97 Å².